The van der Waals surface area contributed by atoms with Gasteiger partial charge in [0.15, 0.2) is 0 Å². The molecule has 1 N–H and O–H groups in total. The van der Waals surface area contributed by atoms with Gasteiger partial charge in [-0.1, -0.05) is 42.5 Å². The van der Waals surface area contributed by atoms with Gasteiger partial charge in [-0.3, -0.25) is 14.4 Å². The van der Waals surface area contributed by atoms with Gasteiger partial charge in [-0.2, -0.15) is 0 Å². The molecule has 0 bridgehead atoms. The Bertz CT molecular complexity index is 920. The molecule has 2 aliphatic heterocycles. The second-order valence-corrected chi connectivity index (χ2v) is 7.98. The zero-order valence-corrected chi connectivity index (χ0v) is 17.0. The molecule has 2 aromatic carbocycles. The second kappa shape index (κ2) is 9.11. The van der Waals surface area contributed by atoms with Gasteiger partial charge in [0, 0.05) is 37.7 Å². The molecule has 4 rings (SSSR count). The zero-order valence-electron chi connectivity index (χ0n) is 17.0. The number of fused-ring (bicyclic) bond motifs is 1. The number of benzene rings is 2. The average molecular weight is 405 g/mol. The summed E-state index contributed by atoms with van der Waals surface area (Å²) in [6.07, 6.45) is 2.26. The lowest BCUT2D eigenvalue weighted by atomic mass is 9.93. The van der Waals surface area contributed by atoms with Crippen LogP contribution in [0, 0.1) is 5.92 Å². The summed E-state index contributed by atoms with van der Waals surface area (Å²) < 4.78 is 0. The Labute approximate surface area is 176 Å². The Morgan fingerprint density at radius 2 is 1.50 bits per heavy atom. The van der Waals surface area contributed by atoms with Crippen molar-refractivity contribution in [1.29, 1.82) is 0 Å². The molecule has 2 aliphatic rings. The van der Waals surface area contributed by atoms with E-state index < -0.39 is 0 Å². The van der Waals surface area contributed by atoms with Gasteiger partial charge in [-0.25, -0.2) is 0 Å². The van der Waals surface area contributed by atoms with Crippen LogP contribution in [-0.2, 0) is 22.6 Å². The molecule has 2 aromatic rings. The van der Waals surface area contributed by atoms with Crippen LogP contribution in [0.1, 0.15) is 34.3 Å². The number of carbonyl (C=O) groups excluding carboxylic acids is 3. The molecule has 1 fully saturated rings. The minimum absolute atomic E-state index is 0.0186. The fraction of sp³-hybridized carbons (Fsp3) is 0.375. The predicted molar refractivity (Wildman–Crippen MR) is 114 cm³/mol. The van der Waals surface area contributed by atoms with E-state index >= 15 is 0 Å². The van der Waals surface area contributed by atoms with E-state index in [9.17, 15) is 14.4 Å². The van der Waals surface area contributed by atoms with Crippen molar-refractivity contribution in [3.05, 3.63) is 71.3 Å². The maximum absolute atomic E-state index is 13.0. The summed E-state index contributed by atoms with van der Waals surface area (Å²) in [5.74, 6) is -0.177. The lowest BCUT2D eigenvalue weighted by molar-refractivity contribution is -0.141. The first kappa shape index (κ1) is 20.1. The highest BCUT2D eigenvalue weighted by atomic mass is 16.2. The number of piperidine rings is 1. The molecule has 0 aromatic heterocycles. The Hall–Kier alpha value is -3.15. The van der Waals surface area contributed by atoms with Crippen LogP contribution < -0.4 is 5.32 Å². The molecule has 3 amide bonds. The van der Waals surface area contributed by atoms with Gasteiger partial charge in [0.2, 0.25) is 11.8 Å². The van der Waals surface area contributed by atoms with Crippen LogP contribution in [0.4, 0.5) is 0 Å². The summed E-state index contributed by atoms with van der Waals surface area (Å²) in [6.45, 7) is 2.54. The Kier molecular flexibility index (Phi) is 6.12. The molecule has 0 spiro atoms. The van der Waals surface area contributed by atoms with Crippen LogP contribution in [-0.4, -0.2) is 53.7 Å². The maximum atomic E-state index is 13.0. The van der Waals surface area contributed by atoms with Crippen molar-refractivity contribution in [3.8, 4) is 0 Å². The highest BCUT2D eigenvalue weighted by Gasteiger charge is 2.31. The van der Waals surface area contributed by atoms with E-state index in [1.807, 2.05) is 23.1 Å². The molecular weight excluding hydrogens is 378 g/mol. The van der Waals surface area contributed by atoms with Crippen molar-refractivity contribution < 1.29 is 14.4 Å². The quantitative estimate of drug-likeness (QED) is 0.848. The monoisotopic (exact) mass is 405 g/mol. The number of hydrogen-bond acceptors (Lipinski definition) is 3. The van der Waals surface area contributed by atoms with Crippen molar-refractivity contribution in [2.24, 2.45) is 5.92 Å². The van der Waals surface area contributed by atoms with Crippen molar-refractivity contribution in [3.63, 3.8) is 0 Å². The Morgan fingerprint density at radius 3 is 2.23 bits per heavy atom. The lowest BCUT2D eigenvalue weighted by Crippen LogP contribution is -2.47. The van der Waals surface area contributed by atoms with Gasteiger partial charge in [-0.05, 0) is 42.5 Å². The number of amides is 3. The number of hydrogen-bond donors (Lipinski definition) is 1. The third-order valence-electron chi connectivity index (χ3n) is 6.08. The molecule has 6 nitrogen and oxygen atoms in total. The molecule has 2 heterocycles. The lowest BCUT2D eigenvalue weighted by Gasteiger charge is -2.36. The molecule has 0 atom stereocenters. The van der Waals surface area contributed by atoms with E-state index in [1.54, 1.807) is 29.2 Å². The standard InChI is InChI=1S/C24H27N3O3/c28-22(16-25-23(29)19-7-2-1-3-8-19)26-13-11-20(12-14-26)24(30)27-15-10-18-6-4-5-9-21(18)17-27/h1-9,20H,10-17H2,(H,25,29). The summed E-state index contributed by atoms with van der Waals surface area (Å²) in [4.78, 5) is 41.3. The van der Waals surface area contributed by atoms with Crippen LogP contribution in [0.5, 0.6) is 0 Å². The van der Waals surface area contributed by atoms with E-state index in [1.165, 1.54) is 11.1 Å². The fourth-order valence-electron chi connectivity index (χ4n) is 4.28. The van der Waals surface area contributed by atoms with E-state index in [0.29, 0.717) is 38.0 Å². The van der Waals surface area contributed by atoms with E-state index in [-0.39, 0.29) is 30.2 Å². The largest absolute Gasteiger partial charge is 0.343 e. The SMILES string of the molecule is O=C(NCC(=O)N1CCC(C(=O)N2CCc3ccccc3C2)CC1)c1ccccc1. The average Bonchev–Trinajstić information content (AvgIpc) is 2.82. The number of likely N-dealkylation sites (tertiary alicyclic amines) is 1. The highest BCUT2D eigenvalue weighted by molar-refractivity contribution is 5.96. The number of nitrogens with zero attached hydrogens (tertiary/aromatic N) is 2. The molecule has 0 aliphatic carbocycles. The van der Waals surface area contributed by atoms with Crippen molar-refractivity contribution in [1.82, 2.24) is 15.1 Å². The van der Waals surface area contributed by atoms with E-state index in [0.717, 1.165) is 13.0 Å². The summed E-state index contributed by atoms with van der Waals surface area (Å²) in [7, 11) is 0. The maximum Gasteiger partial charge on any atom is 0.251 e. The van der Waals surface area contributed by atoms with Gasteiger partial charge < -0.3 is 15.1 Å². The number of rotatable bonds is 4. The summed E-state index contributed by atoms with van der Waals surface area (Å²) in [5.41, 5.74) is 3.11. The molecular formula is C24H27N3O3. The van der Waals surface area contributed by atoms with Gasteiger partial charge in [0.05, 0.1) is 6.54 Å². The van der Waals surface area contributed by atoms with Crippen LogP contribution in [0.2, 0.25) is 0 Å². The minimum Gasteiger partial charge on any atom is -0.343 e. The molecule has 0 radical (unpaired) electrons. The predicted octanol–water partition coefficient (Wildman–Crippen LogP) is 2.24. The highest BCUT2D eigenvalue weighted by Crippen LogP contribution is 2.24. The molecule has 6 heteroatoms. The van der Waals surface area contributed by atoms with Crippen LogP contribution in [0.15, 0.2) is 54.6 Å². The second-order valence-electron chi connectivity index (χ2n) is 7.98. The molecule has 30 heavy (non-hydrogen) atoms. The molecule has 0 saturated carbocycles. The number of nitrogens with one attached hydrogen (secondary N) is 1. The zero-order chi connectivity index (χ0) is 20.9. The van der Waals surface area contributed by atoms with Gasteiger partial charge in [0.1, 0.15) is 0 Å². The first-order chi connectivity index (χ1) is 14.6. The first-order valence-electron chi connectivity index (χ1n) is 10.6. The fourth-order valence-corrected chi connectivity index (χ4v) is 4.28. The smallest absolute Gasteiger partial charge is 0.251 e. The van der Waals surface area contributed by atoms with Crippen molar-refractivity contribution in [2.45, 2.75) is 25.8 Å². The van der Waals surface area contributed by atoms with Gasteiger partial charge >= 0.3 is 0 Å². The van der Waals surface area contributed by atoms with Crippen LogP contribution >= 0.6 is 0 Å². The summed E-state index contributed by atoms with van der Waals surface area (Å²) in [5, 5.41) is 2.69. The van der Waals surface area contributed by atoms with Crippen LogP contribution in [0.3, 0.4) is 0 Å². The third-order valence-corrected chi connectivity index (χ3v) is 6.08. The summed E-state index contributed by atoms with van der Waals surface area (Å²) in [6, 6.07) is 17.2. The van der Waals surface area contributed by atoms with Gasteiger partial charge in [-0.15, -0.1) is 0 Å². The summed E-state index contributed by atoms with van der Waals surface area (Å²) >= 11 is 0. The normalized spacial score (nSPS) is 16.7. The Balaban J connectivity index is 1.24. The minimum atomic E-state index is -0.251. The van der Waals surface area contributed by atoms with Crippen LogP contribution in [0.25, 0.3) is 0 Å². The van der Waals surface area contributed by atoms with E-state index in [4.69, 9.17) is 0 Å². The third kappa shape index (κ3) is 4.53. The molecule has 0 unspecified atom stereocenters. The first-order valence-corrected chi connectivity index (χ1v) is 10.6. The Morgan fingerprint density at radius 1 is 0.833 bits per heavy atom. The van der Waals surface area contributed by atoms with Gasteiger partial charge in [0.25, 0.3) is 5.91 Å². The number of carbonyl (C=O) groups is 3. The van der Waals surface area contributed by atoms with Crippen molar-refractivity contribution >= 4 is 17.7 Å². The topological polar surface area (TPSA) is 69.7 Å². The molecule has 156 valence electrons. The van der Waals surface area contributed by atoms with E-state index in [2.05, 4.69) is 17.4 Å². The molecule has 1 saturated heterocycles. The van der Waals surface area contributed by atoms with Crippen molar-refractivity contribution in [2.75, 3.05) is 26.2 Å².